The van der Waals surface area contributed by atoms with Gasteiger partial charge in [-0.05, 0) is 35.4 Å². The van der Waals surface area contributed by atoms with E-state index < -0.39 is 40.4 Å². The quantitative estimate of drug-likeness (QED) is 0.394. The molecule has 4 unspecified atom stereocenters. The first-order valence-electron chi connectivity index (χ1n) is 9.01. The molecule has 2 aromatic carbocycles. The van der Waals surface area contributed by atoms with Gasteiger partial charge >= 0.3 is 6.16 Å². The lowest BCUT2D eigenvalue weighted by Gasteiger charge is -2.38. The molecule has 2 saturated heterocycles. The minimum absolute atomic E-state index is 0.0442. The summed E-state index contributed by atoms with van der Waals surface area (Å²) in [4.78, 5) is 32.6. The van der Waals surface area contributed by atoms with Gasteiger partial charge in [-0.15, -0.1) is 0 Å². The molecule has 156 valence electrons. The van der Waals surface area contributed by atoms with Gasteiger partial charge in [-0.3, -0.25) is 20.2 Å². The molecular formula is C19H16N2O9. The molecule has 0 radical (unpaired) electrons. The van der Waals surface area contributed by atoms with E-state index in [4.69, 9.17) is 18.9 Å². The standard InChI is InChI=1S/C19H16N2O9/c22-19(29-15-9-27-17(15)11-1-5-13(6-2-11)20(23)24)30-16-10-28-18(16)12-3-7-14(8-4-12)21(25)26/h1-8,15-18H,9-10H2. The number of ether oxygens (including phenoxy) is 4. The second-order valence-corrected chi connectivity index (χ2v) is 6.77. The normalized spacial score (nSPS) is 24.8. The van der Waals surface area contributed by atoms with Gasteiger partial charge in [-0.2, -0.15) is 0 Å². The molecule has 4 atom stereocenters. The van der Waals surface area contributed by atoms with Crippen LogP contribution < -0.4 is 0 Å². The third-order valence-electron chi connectivity index (χ3n) is 4.92. The SMILES string of the molecule is O=C(OC1COC1c1ccc([N+](=O)[O-])cc1)OC1COC1c1ccc([N+](=O)[O-])cc1. The van der Waals surface area contributed by atoms with Crippen molar-refractivity contribution < 1.29 is 33.6 Å². The van der Waals surface area contributed by atoms with E-state index in [0.29, 0.717) is 11.1 Å². The Morgan fingerprint density at radius 3 is 1.40 bits per heavy atom. The van der Waals surface area contributed by atoms with Crippen LogP contribution in [0, 0.1) is 20.2 Å². The lowest BCUT2D eigenvalue weighted by atomic mass is 10.00. The Kier molecular flexibility index (Phi) is 5.29. The molecule has 0 bridgehead atoms. The first-order chi connectivity index (χ1) is 14.4. The van der Waals surface area contributed by atoms with E-state index in [9.17, 15) is 25.0 Å². The fourth-order valence-corrected chi connectivity index (χ4v) is 3.20. The molecule has 0 N–H and O–H groups in total. The molecule has 2 aromatic rings. The van der Waals surface area contributed by atoms with Crippen LogP contribution in [0.5, 0.6) is 0 Å². The first kappa shape index (κ1) is 19.7. The molecule has 2 aliphatic rings. The Morgan fingerprint density at radius 1 is 0.767 bits per heavy atom. The summed E-state index contributed by atoms with van der Waals surface area (Å²) in [5, 5.41) is 21.5. The summed E-state index contributed by atoms with van der Waals surface area (Å²) in [5.41, 5.74) is 1.22. The minimum Gasteiger partial charge on any atom is -0.425 e. The van der Waals surface area contributed by atoms with E-state index in [0.717, 1.165) is 0 Å². The van der Waals surface area contributed by atoms with Gasteiger partial charge in [0.1, 0.15) is 12.2 Å². The van der Waals surface area contributed by atoms with Crippen molar-refractivity contribution in [3.63, 3.8) is 0 Å². The average Bonchev–Trinajstić information content (AvgIpc) is 2.69. The third kappa shape index (κ3) is 3.93. The molecule has 2 heterocycles. The summed E-state index contributed by atoms with van der Waals surface area (Å²) in [6.07, 6.45) is -3.08. The number of non-ortho nitro benzene ring substituents is 2. The van der Waals surface area contributed by atoms with Crippen molar-refractivity contribution in [2.75, 3.05) is 13.2 Å². The van der Waals surface area contributed by atoms with Crippen molar-refractivity contribution in [3.05, 3.63) is 79.9 Å². The van der Waals surface area contributed by atoms with Gasteiger partial charge in [0.15, 0.2) is 12.2 Å². The predicted octanol–water partition coefficient (Wildman–Crippen LogP) is 3.24. The van der Waals surface area contributed by atoms with Crippen LogP contribution in [0.3, 0.4) is 0 Å². The van der Waals surface area contributed by atoms with Crippen LogP contribution in [-0.2, 0) is 18.9 Å². The number of carbonyl (C=O) groups is 1. The molecule has 0 spiro atoms. The fraction of sp³-hybridized carbons (Fsp3) is 0.316. The summed E-state index contributed by atoms with van der Waals surface area (Å²) in [7, 11) is 0. The largest absolute Gasteiger partial charge is 0.509 e. The van der Waals surface area contributed by atoms with Crippen LogP contribution in [0.1, 0.15) is 23.3 Å². The van der Waals surface area contributed by atoms with Gasteiger partial charge in [-0.25, -0.2) is 4.79 Å². The number of nitrogens with zero attached hydrogens (tertiary/aromatic N) is 2. The van der Waals surface area contributed by atoms with Gasteiger partial charge in [0, 0.05) is 24.3 Å². The van der Waals surface area contributed by atoms with Crippen molar-refractivity contribution in [2.45, 2.75) is 24.4 Å². The van der Waals surface area contributed by atoms with Crippen LogP contribution in [-0.4, -0.2) is 41.4 Å². The highest BCUT2D eigenvalue weighted by Gasteiger charge is 2.41. The monoisotopic (exact) mass is 416 g/mol. The molecule has 2 fully saturated rings. The molecule has 0 saturated carbocycles. The van der Waals surface area contributed by atoms with Crippen molar-refractivity contribution in [2.24, 2.45) is 0 Å². The zero-order valence-corrected chi connectivity index (χ0v) is 15.4. The lowest BCUT2D eigenvalue weighted by Crippen LogP contribution is -2.45. The van der Waals surface area contributed by atoms with E-state index >= 15 is 0 Å². The number of hydrogen-bond donors (Lipinski definition) is 0. The molecule has 11 heteroatoms. The Bertz CT molecular complexity index is 883. The van der Waals surface area contributed by atoms with Gasteiger partial charge in [-0.1, -0.05) is 0 Å². The summed E-state index contributed by atoms with van der Waals surface area (Å²) < 4.78 is 21.4. The minimum atomic E-state index is -0.879. The number of rotatable bonds is 6. The topological polar surface area (TPSA) is 140 Å². The van der Waals surface area contributed by atoms with Crippen molar-refractivity contribution >= 4 is 17.5 Å². The van der Waals surface area contributed by atoms with Crippen molar-refractivity contribution in [1.29, 1.82) is 0 Å². The zero-order valence-electron chi connectivity index (χ0n) is 15.4. The molecule has 0 aliphatic carbocycles. The number of benzene rings is 2. The van der Waals surface area contributed by atoms with Crippen LogP contribution in [0.2, 0.25) is 0 Å². The predicted molar refractivity (Wildman–Crippen MR) is 98.7 cm³/mol. The van der Waals surface area contributed by atoms with Crippen molar-refractivity contribution in [1.82, 2.24) is 0 Å². The van der Waals surface area contributed by atoms with Gasteiger partial charge in [0.25, 0.3) is 11.4 Å². The number of nitro groups is 2. The zero-order chi connectivity index (χ0) is 21.3. The Labute approximate surface area is 169 Å². The second-order valence-electron chi connectivity index (χ2n) is 6.77. The van der Waals surface area contributed by atoms with Gasteiger partial charge in [0.2, 0.25) is 0 Å². The highest BCUT2D eigenvalue weighted by molar-refractivity contribution is 5.61. The summed E-state index contributed by atoms with van der Waals surface area (Å²) >= 11 is 0. The second kappa shape index (κ2) is 8.05. The maximum atomic E-state index is 12.2. The highest BCUT2D eigenvalue weighted by Crippen LogP contribution is 2.36. The molecule has 11 nitrogen and oxygen atoms in total. The molecular weight excluding hydrogens is 400 g/mol. The van der Waals surface area contributed by atoms with E-state index in [2.05, 4.69) is 0 Å². The van der Waals surface area contributed by atoms with E-state index in [1.165, 1.54) is 24.3 Å². The number of carbonyl (C=O) groups excluding carboxylic acids is 1. The first-order valence-corrected chi connectivity index (χ1v) is 9.01. The Balaban J connectivity index is 1.31. The van der Waals surface area contributed by atoms with E-state index in [-0.39, 0.29) is 24.6 Å². The Hall–Kier alpha value is -3.57. The molecule has 0 amide bonds. The fourth-order valence-electron chi connectivity index (χ4n) is 3.20. The van der Waals surface area contributed by atoms with Crippen LogP contribution in [0.25, 0.3) is 0 Å². The number of hydrogen-bond acceptors (Lipinski definition) is 9. The van der Waals surface area contributed by atoms with Crippen molar-refractivity contribution in [3.8, 4) is 0 Å². The molecule has 4 rings (SSSR count). The van der Waals surface area contributed by atoms with Crippen LogP contribution >= 0.6 is 0 Å². The maximum absolute atomic E-state index is 12.2. The molecule has 30 heavy (non-hydrogen) atoms. The Morgan fingerprint density at radius 2 is 1.13 bits per heavy atom. The van der Waals surface area contributed by atoms with Crippen LogP contribution in [0.4, 0.5) is 16.2 Å². The average molecular weight is 416 g/mol. The number of nitro benzene ring substituents is 2. The summed E-state index contributed by atoms with van der Waals surface area (Å²) in [6, 6.07) is 11.6. The summed E-state index contributed by atoms with van der Waals surface area (Å²) in [6.45, 7) is 0.368. The third-order valence-corrected chi connectivity index (χ3v) is 4.92. The highest BCUT2D eigenvalue weighted by atomic mass is 16.8. The van der Waals surface area contributed by atoms with Gasteiger partial charge in [0.05, 0.1) is 23.1 Å². The van der Waals surface area contributed by atoms with Gasteiger partial charge < -0.3 is 18.9 Å². The lowest BCUT2D eigenvalue weighted by molar-refractivity contribution is -0.385. The van der Waals surface area contributed by atoms with E-state index in [1.807, 2.05) is 0 Å². The molecule has 2 aliphatic heterocycles. The summed E-state index contributed by atoms with van der Waals surface area (Å²) in [5.74, 6) is 0. The van der Waals surface area contributed by atoms with Crippen LogP contribution in [0.15, 0.2) is 48.5 Å². The maximum Gasteiger partial charge on any atom is 0.509 e. The van der Waals surface area contributed by atoms with E-state index in [1.54, 1.807) is 24.3 Å². The molecule has 0 aromatic heterocycles. The smallest absolute Gasteiger partial charge is 0.425 e.